The predicted octanol–water partition coefficient (Wildman–Crippen LogP) is 1.71. The van der Waals surface area contributed by atoms with Crippen LogP contribution >= 0.6 is 0 Å². The second kappa shape index (κ2) is 5.78. The first-order valence-corrected chi connectivity index (χ1v) is 4.66. The molecule has 1 aromatic heterocycles. The predicted molar refractivity (Wildman–Crippen MR) is 51.6 cm³/mol. The standard InChI is InChI=1S/C10H17NO2/c1-3-12-7-5-11-8-10-9(2)4-6-13-10/h4,6,11H,3,5,7-8H2,1-2H3. The van der Waals surface area contributed by atoms with E-state index >= 15 is 0 Å². The second-order valence-electron chi connectivity index (χ2n) is 2.90. The van der Waals surface area contributed by atoms with Gasteiger partial charge in [-0.25, -0.2) is 0 Å². The van der Waals surface area contributed by atoms with Gasteiger partial charge in [0.2, 0.25) is 0 Å². The van der Waals surface area contributed by atoms with Gasteiger partial charge in [-0.05, 0) is 25.5 Å². The molecule has 1 N–H and O–H groups in total. The molecule has 3 nitrogen and oxygen atoms in total. The molecule has 1 aromatic rings. The van der Waals surface area contributed by atoms with Crippen LogP contribution in [0.4, 0.5) is 0 Å². The van der Waals surface area contributed by atoms with Crippen molar-refractivity contribution in [1.82, 2.24) is 5.32 Å². The van der Waals surface area contributed by atoms with Crippen LogP contribution in [0, 0.1) is 6.92 Å². The first-order chi connectivity index (χ1) is 6.34. The van der Waals surface area contributed by atoms with E-state index in [4.69, 9.17) is 9.15 Å². The van der Waals surface area contributed by atoms with E-state index in [0.717, 1.165) is 32.1 Å². The molecular formula is C10H17NO2. The summed E-state index contributed by atoms with van der Waals surface area (Å²) in [6.07, 6.45) is 1.72. The molecule has 0 aliphatic carbocycles. The van der Waals surface area contributed by atoms with Crippen molar-refractivity contribution in [3.05, 3.63) is 23.7 Å². The molecule has 0 bridgehead atoms. The molecule has 0 saturated heterocycles. The maximum atomic E-state index is 5.27. The lowest BCUT2D eigenvalue weighted by Crippen LogP contribution is -2.19. The Labute approximate surface area is 79.1 Å². The maximum Gasteiger partial charge on any atom is 0.120 e. The number of hydrogen-bond donors (Lipinski definition) is 1. The van der Waals surface area contributed by atoms with Crippen molar-refractivity contribution in [3.63, 3.8) is 0 Å². The molecule has 0 saturated carbocycles. The summed E-state index contributed by atoms with van der Waals surface area (Å²) in [5.41, 5.74) is 1.20. The Balaban J connectivity index is 2.10. The molecule has 0 fully saturated rings. The summed E-state index contributed by atoms with van der Waals surface area (Å²) in [6, 6.07) is 1.97. The molecule has 1 heterocycles. The van der Waals surface area contributed by atoms with Gasteiger partial charge in [-0.15, -0.1) is 0 Å². The molecule has 0 aliphatic rings. The molecule has 0 amide bonds. The van der Waals surface area contributed by atoms with E-state index in [1.54, 1.807) is 6.26 Å². The fourth-order valence-corrected chi connectivity index (χ4v) is 1.08. The van der Waals surface area contributed by atoms with Crippen LogP contribution in [0.5, 0.6) is 0 Å². The lowest BCUT2D eigenvalue weighted by Gasteiger charge is -2.03. The van der Waals surface area contributed by atoms with E-state index in [1.807, 2.05) is 19.9 Å². The Morgan fingerprint density at radius 1 is 1.54 bits per heavy atom. The van der Waals surface area contributed by atoms with E-state index in [0.29, 0.717) is 0 Å². The first-order valence-electron chi connectivity index (χ1n) is 4.66. The summed E-state index contributed by atoms with van der Waals surface area (Å²) in [5, 5.41) is 3.24. The van der Waals surface area contributed by atoms with Gasteiger partial charge in [-0.3, -0.25) is 0 Å². The quantitative estimate of drug-likeness (QED) is 0.682. The van der Waals surface area contributed by atoms with Gasteiger partial charge < -0.3 is 14.5 Å². The van der Waals surface area contributed by atoms with Crippen LogP contribution < -0.4 is 5.32 Å². The van der Waals surface area contributed by atoms with Crippen molar-refractivity contribution in [3.8, 4) is 0 Å². The highest BCUT2D eigenvalue weighted by atomic mass is 16.5. The average Bonchev–Trinajstić information content (AvgIpc) is 2.52. The topological polar surface area (TPSA) is 34.4 Å². The zero-order valence-electron chi connectivity index (χ0n) is 8.30. The van der Waals surface area contributed by atoms with Gasteiger partial charge in [0.25, 0.3) is 0 Å². The second-order valence-corrected chi connectivity index (χ2v) is 2.90. The minimum absolute atomic E-state index is 0.760. The lowest BCUT2D eigenvalue weighted by atomic mass is 10.3. The SMILES string of the molecule is CCOCCNCc1occc1C. The van der Waals surface area contributed by atoms with Gasteiger partial charge in [-0.2, -0.15) is 0 Å². The lowest BCUT2D eigenvalue weighted by molar-refractivity contribution is 0.148. The highest BCUT2D eigenvalue weighted by Gasteiger charge is 1.99. The summed E-state index contributed by atoms with van der Waals surface area (Å²) in [7, 11) is 0. The fourth-order valence-electron chi connectivity index (χ4n) is 1.08. The van der Waals surface area contributed by atoms with Crippen LogP contribution in [0.2, 0.25) is 0 Å². The van der Waals surface area contributed by atoms with E-state index in [1.165, 1.54) is 5.56 Å². The normalized spacial score (nSPS) is 10.6. The minimum Gasteiger partial charge on any atom is -0.468 e. The smallest absolute Gasteiger partial charge is 0.120 e. The fraction of sp³-hybridized carbons (Fsp3) is 0.600. The van der Waals surface area contributed by atoms with Crippen molar-refractivity contribution in [2.75, 3.05) is 19.8 Å². The molecular weight excluding hydrogens is 166 g/mol. The molecule has 0 unspecified atom stereocenters. The van der Waals surface area contributed by atoms with Crippen molar-refractivity contribution >= 4 is 0 Å². The molecule has 74 valence electrons. The summed E-state index contributed by atoms with van der Waals surface area (Å²) < 4.78 is 10.5. The van der Waals surface area contributed by atoms with Gasteiger partial charge in [-0.1, -0.05) is 0 Å². The Morgan fingerprint density at radius 2 is 2.38 bits per heavy atom. The van der Waals surface area contributed by atoms with Crippen molar-refractivity contribution in [2.45, 2.75) is 20.4 Å². The van der Waals surface area contributed by atoms with Gasteiger partial charge in [0.1, 0.15) is 5.76 Å². The largest absolute Gasteiger partial charge is 0.468 e. The Hall–Kier alpha value is -0.800. The average molecular weight is 183 g/mol. The monoisotopic (exact) mass is 183 g/mol. The molecule has 1 rings (SSSR count). The van der Waals surface area contributed by atoms with E-state index < -0.39 is 0 Å². The molecule has 0 aliphatic heterocycles. The van der Waals surface area contributed by atoms with Gasteiger partial charge in [0.05, 0.1) is 19.4 Å². The molecule has 0 atom stereocenters. The highest BCUT2D eigenvalue weighted by molar-refractivity contribution is 5.13. The van der Waals surface area contributed by atoms with Gasteiger partial charge in [0, 0.05) is 13.2 Å². The van der Waals surface area contributed by atoms with E-state index in [2.05, 4.69) is 5.32 Å². The third-order valence-electron chi connectivity index (χ3n) is 1.88. The van der Waals surface area contributed by atoms with Crippen LogP contribution in [0.25, 0.3) is 0 Å². The van der Waals surface area contributed by atoms with Crippen LogP contribution in [-0.4, -0.2) is 19.8 Å². The minimum atomic E-state index is 0.760. The number of ether oxygens (including phenoxy) is 1. The Kier molecular flexibility index (Phi) is 4.57. The van der Waals surface area contributed by atoms with Crippen molar-refractivity contribution in [1.29, 1.82) is 0 Å². The number of nitrogens with one attached hydrogen (secondary N) is 1. The summed E-state index contributed by atoms with van der Waals surface area (Å²) in [6.45, 7) is 7.23. The number of rotatable bonds is 6. The van der Waals surface area contributed by atoms with Crippen molar-refractivity contribution < 1.29 is 9.15 Å². The van der Waals surface area contributed by atoms with Crippen LogP contribution in [-0.2, 0) is 11.3 Å². The highest BCUT2D eigenvalue weighted by Crippen LogP contribution is 2.07. The number of furan rings is 1. The molecule has 13 heavy (non-hydrogen) atoms. The molecule has 0 spiro atoms. The van der Waals surface area contributed by atoms with E-state index in [9.17, 15) is 0 Å². The molecule has 3 heteroatoms. The summed E-state index contributed by atoms with van der Waals surface area (Å²) >= 11 is 0. The third-order valence-corrected chi connectivity index (χ3v) is 1.88. The van der Waals surface area contributed by atoms with Crippen LogP contribution in [0.15, 0.2) is 16.7 Å². The number of aryl methyl sites for hydroxylation is 1. The Morgan fingerprint density at radius 3 is 3.00 bits per heavy atom. The van der Waals surface area contributed by atoms with Gasteiger partial charge >= 0.3 is 0 Å². The molecule has 0 aromatic carbocycles. The third kappa shape index (κ3) is 3.61. The maximum absolute atomic E-state index is 5.27. The zero-order valence-corrected chi connectivity index (χ0v) is 8.30. The van der Waals surface area contributed by atoms with Crippen LogP contribution in [0.1, 0.15) is 18.2 Å². The van der Waals surface area contributed by atoms with Crippen molar-refractivity contribution in [2.24, 2.45) is 0 Å². The molecule has 0 radical (unpaired) electrons. The Bertz CT molecular complexity index is 233. The first kappa shape index (κ1) is 10.3. The number of hydrogen-bond acceptors (Lipinski definition) is 3. The van der Waals surface area contributed by atoms with Gasteiger partial charge in [0.15, 0.2) is 0 Å². The summed E-state index contributed by atoms with van der Waals surface area (Å²) in [5.74, 6) is 1.01. The zero-order chi connectivity index (χ0) is 9.52. The van der Waals surface area contributed by atoms with Crippen LogP contribution in [0.3, 0.4) is 0 Å². The van der Waals surface area contributed by atoms with E-state index in [-0.39, 0.29) is 0 Å². The summed E-state index contributed by atoms with van der Waals surface area (Å²) in [4.78, 5) is 0.